The molecule has 2 heterocycles. The summed E-state index contributed by atoms with van der Waals surface area (Å²) >= 11 is 0. The number of benzene rings is 2. The van der Waals surface area contributed by atoms with E-state index < -0.39 is 5.41 Å². The molecule has 33 heavy (non-hydrogen) atoms. The van der Waals surface area contributed by atoms with Crippen molar-refractivity contribution >= 4 is 5.91 Å². The molecule has 4 nitrogen and oxygen atoms in total. The van der Waals surface area contributed by atoms with E-state index in [9.17, 15) is 9.18 Å². The van der Waals surface area contributed by atoms with Gasteiger partial charge >= 0.3 is 0 Å². The van der Waals surface area contributed by atoms with Gasteiger partial charge in [0.1, 0.15) is 11.6 Å². The highest BCUT2D eigenvalue weighted by Crippen LogP contribution is 2.46. The number of hydrogen-bond acceptors (Lipinski definition) is 3. The fourth-order valence-electron chi connectivity index (χ4n) is 6.46. The van der Waals surface area contributed by atoms with E-state index in [0.29, 0.717) is 37.4 Å². The maximum Gasteiger partial charge on any atom is 0.229 e. The van der Waals surface area contributed by atoms with Crippen LogP contribution in [0.25, 0.3) is 0 Å². The van der Waals surface area contributed by atoms with E-state index in [2.05, 4.69) is 23.1 Å². The van der Waals surface area contributed by atoms with E-state index in [0.717, 1.165) is 43.7 Å². The molecule has 1 aliphatic carbocycles. The molecule has 3 atom stereocenters. The SMILES string of the molecule is COc1cccc(C[C@H]2CC[C@@H]3CN(C(=O)C4(Cc5ccc(F)cc5)CCOCC4)C[C@H]23)c1. The highest BCUT2D eigenvalue weighted by Gasteiger charge is 2.49. The summed E-state index contributed by atoms with van der Waals surface area (Å²) < 4.78 is 24.5. The van der Waals surface area contributed by atoms with Gasteiger partial charge in [0.2, 0.25) is 5.91 Å². The Balaban J connectivity index is 1.29. The smallest absolute Gasteiger partial charge is 0.229 e. The van der Waals surface area contributed by atoms with E-state index in [-0.39, 0.29) is 11.7 Å². The summed E-state index contributed by atoms with van der Waals surface area (Å²) in [4.78, 5) is 16.1. The number of ether oxygens (including phenoxy) is 2. The number of carbonyl (C=O) groups excluding carboxylic acids is 1. The Kier molecular flexibility index (Phi) is 6.42. The van der Waals surface area contributed by atoms with Gasteiger partial charge in [0.15, 0.2) is 0 Å². The van der Waals surface area contributed by atoms with Crippen molar-refractivity contribution in [2.24, 2.45) is 23.2 Å². The zero-order valence-electron chi connectivity index (χ0n) is 19.5. The van der Waals surface area contributed by atoms with Crippen LogP contribution in [0, 0.1) is 29.0 Å². The zero-order chi connectivity index (χ0) is 22.8. The van der Waals surface area contributed by atoms with Crippen molar-refractivity contribution in [3.05, 3.63) is 65.5 Å². The first-order valence-electron chi connectivity index (χ1n) is 12.3. The van der Waals surface area contributed by atoms with Crippen LogP contribution in [0.15, 0.2) is 48.5 Å². The quantitative estimate of drug-likeness (QED) is 0.627. The van der Waals surface area contributed by atoms with Crippen LogP contribution in [0.2, 0.25) is 0 Å². The van der Waals surface area contributed by atoms with E-state index in [4.69, 9.17) is 9.47 Å². The third kappa shape index (κ3) is 4.65. The number of amides is 1. The largest absolute Gasteiger partial charge is 0.497 e. The molecule has 1 amide bonds. The van der Waals surface area contributed by atoms with Crippen LogP contribution in [0.3, 0.4) is 0 Å². The number of methoxy groups -OCH3 is 1. The Hall–Kier alpha value is -2.40. The molecule has 3 aliphatic rings. The molecule has 0 unspecified atom stereocenters. The zero-order valence-corrected chi connectivity index (χ0v) is 19.5. The lowest BCUT2D eigenvalue weighted by Crippen LogP contribution is -2.48. The highest BCUT2D eigenvalue weighted by molar-refractivity contribution is 5.83. The molecular weight excluding hydrogens is 417 g/mol. The van der Waals surface area contributed by atoms with Gasteiger partial charge < -0.3 is 14.4 Å². The lowest BCUT2D eigenvalue weighted by molar-refractivity contribution is -0.147. The number of fused-ring (bicyclic) bond motifs is 1. The van der Waals surface area contributed by atoms with E-state index in [1.165, 1.54) is 30.5 Å². The van der Waals surface area contributed by atoms with Crippen molar-refractivity contribution < 1.29 is 18.7 Å². The average Bonchev–Trinajstić information content (AvgIpc) is 3.43. The molecule has 0 bridgehead atoms. The standard InChI is InChI=1S/C28H34FNO3/c1-32-25-4-2-3-21(16-25)15-22-7-8-23-18-30(19-26(22)23)27(31)28(11-13-33-14-12-28)17-20-5-9-24(29)10-6-20/h2-6,9-10,16,22-23,26H,7-8,11-15,17-19H2,1H3/t22-,23-,26-/m1/s1. The van der Waals surface area contributed by atoms with Gasteiger partial charge in [-0.3, -0.25) is 4.79 Å². The summed E-state index contributed by atoms with van der Waals surface area (Å²) in [5.74, 6) is 2.75. The Morgan fingerprint density at radius 1 is 1.09 bits per heavy atom. The Morgan fingerprint density at radius 3 is 2.64 bits per heavy atom. The third-order valence-electron chi connectivity index (χ3n) is 8.28. The molecule has 0 spiro atoms. The molecule has 2 aromatic rings. The van der Waals surface area contributed by atoms with Crippen LogP contribution in [-0.4, -0.2) is 44.2 Å². The van der Waals surface area contributed by atoms with Crippen LogP contribution in [0.4, 0.5) is 4.39 Å². The molecule has 2 aliphatic heterocycles. The average molecular weight is 452 g/mol. The van der Waals surface area contributed by atoms with Gasteiger partial charge in [-0.05, 0) is 91.7 Å². The number of rotatable bonds is 6. The van der Waals surface area contributed by atoms with Crippen LogP contribution in [0.5, 0.6) is 5.75 Å². The highest BCUT2D eigenvalue weighted by atomic mass is 19.1. The normalized spacial score (nSPS) is 26.2. The van der Waals surface area contributed by atoms with Gasteiger partial charge in [-0.1, -0.05) is 24.3 Å². The molecule has 1 saturated carbocycles. The summed E-state index contributed by atoms with van der Waals surface area (Å²) in [7, 11) is 1.71. The summed E-state index contributed by atoms with van der Waals surface area (Å²) in [6, 6.07) is 15.0. The molecule has 2 saturated heterocycles. The monoisotopic (exact) mass is 451 g/mol. The number of nitrogens with zero attached hydrogens (tertiary/aromatic N) is 1. The maximum atomic E-state index is 14.0. The maximum absolute atomic E-state index is 14.0. The summed E-state index contributed by atoms with van der Waals surface area (Å²) in [5, 5.41) is 0. The van der Waals surface area contributed by atoms with E-state index >= 15 is 0 Å². The van der Waals surface area contributed by atoms with Crippen LogP contribution in [0.1, 0.15) is 36.8 Å². The minimum absolute atomic E-state index is 0.236. The van der Waals surface area contributed by atoms with Gasteiger partial charge in [0.25, 0.3) is 0 Å². The fraction of sp³-hybridized carbons (Fsp3) is 0.536. The number of hydrogen-bond donors (Lipinski definition) is 0. The Bertz CT molecular complexity index is 969. The second-order valence-electron chi connectivity index (χ2n) is 10.2. The van der Waals surface area contributed by atoms with Gasteiger partial charge in [-0.25, -0.2) is 4.39 Å². The number of likely N-dealkylation sites (tertiary alicyclic amines) is 1. The lowest BCUT2D eigenvalue weighted by Gasteiger charge is -2.39. The molecule has 2 aromatic carbocycles. The van der Waals surface area contributed by atoms with Gasteiger partial charge in [-0.2, -0.15) is 0 Å². The predicted octanol–water partition coefficient (Wildman–Crippen LogP) is 4.90. The van der Waals surface area contributed by atoms with Crippen LogP contribution >= 0.6 is 0 Å². The molecule has 0 N–H and O–H groups in total. The van der Waals surface area contributed by atoms with Gasteiger partial charge in [0.05, 0.1) is 12.5 Å². The van der Waals surface area contributed by atoms with Crippen molar-refractivity contribution in [3.63, 3.8) is 0 Å². The first-order valence-corrected chi connectivity index (χ1v) is 12.3. The Labute approximate surface area is 196 Å². The summed E-state index contributed by atoms with van der Waals surface area (Å²) in [6.45, 7) is 2.98. The van der Waals surface area contributed by atoms with Gasteiger partial charge in [0, 0.05) is 26.3 Å². The molecule has 5 heteroatoms. The Morgan fingerprint density at radius 2 is 1.88 bits per heavy atom. The first-order chi connectivity index (χ1) is 16.1. The second kappa shape index (κ2) is 9.46. The minimum atomic E-state index is -0.434. The van der Waals surface area contributed by atoms with Crippen molar-refractivity contribution in [3.8, 4) is 5.75 Å². The van der Waals surface area contributed by atoms with Gasteiger partial charge in [-0.15, -0.1) is 0 Å². The first kappa shape index (κ1) is 22.4. The summed E-state index contributed by atoms with van der Waals surface area (Å²) in [5.41, 5.74) is 1.92. The minimum Gasteiger partial charge on any atom is -0.497 e. The second-order valence-corrected chi connectivity index (χ2v) is 10.2. The molecule has 0 aromatic heterocycles. The topological polar surface area (TPSA) is 38.8 Å². The van der Waals surface area contributed by atoms with Crippen LogP contribution < -0.4 is 4.74 Å². The van der Waals surface area contributed by atoms with E-state index in [1.54, 1.807) is 7.11 Å². The summed E-state index contributed by atoms with van der Waals surface area (Å²) in [6.07, 6.45) is 5.63. The number of carbonyl (C=O) groups is 1. The van der Waals surface area contributed by atoms with Crippen molar-refractivity contribution in [2.45, 2.75) is 38.5 Å². The molecule has 0 radical (unpaired) electrons. The molecule has 3 fully saturated rings. The molecule has 5 rings (SSSR count). The van der Waals surface area contributed by atoms with Crippen molar-refractivity contribution in [1.82, 2.24) is 4.90 Å². The lowest BCUT2D eigenvalue weighted by atomic mass is 9.74. The van der Waals surface area contributed by atoms with Crippen LogP contribution in [-0.2, 0) is 22.4 Å². The molecule has 176 valence electrons. The van der Waals surface area contributed by atoms with Crippen molar-refractivity contribution in [1.29, 1.82) is 0 Å². The van der Waals surface area contributed by atoms with E-state index in [1.807, 2.05) is 18.2 Å². The van der Waals surface area contributed by atoms with Crippen molar-refractivity contribution in [2.75, 3.05) is 33.4 Å². The predicted molar refractivity (Wildman–Crippen MR) is 126 cm³/mol. The molecular formula is C28H34FNO3. The number of halogens is 1. The fourth-order valence-corrected chi connectivity index (χ4v) is 6.46. The third-order valence-corrected chi connectivity index (χ3v) is 8.28.